The fourth-order valence-electron chi connectivity index (χ4n) is 4.43. The summed E-state index contributed by atoms with van der Waals surface area (Å²) in [4.78, 5) is 10.7. The standard InChI is InChI=1S/C21H24F2N4O2S/c1-11-16(28)10-27(11)20-24-18(14-5-7-21(22,23)19(14)25-20)12-3-4-13-15(26-30-2)6-8-29-17(13)9-12/h3-4,9,11,15-16,26,28H,5-8,10H2,1-2H3/t11-,15?,16?/m0/s1. The zero-order valence-electron chi connectivity index (χ0n) is 16.9. The molecule has 1 aliphatic carbocycles. The lowest BCUT2D eigenvalue weighted by atomic mass is 9.97. The van der Waals surface area contributed by atoms with Crippen molar-refractivity contribution in [3.63, 3.8) is 0 Å². The van der Waals surface area contributed by atoms with Crippen LogP contribution in [-0.4, -0.2) is 46.6 Å². The molecule has 1 saturated heterocycles. The van der Waals surface area contributed by atoms with Crippen LogP contribution >= 0.6 is 11.9 Å². The number of halogens is 2. The molecule has 0 amide bonds. The largest absolute Gasteiger partial charge is 0.493 e. The van der Waals surface area contributed by atoms with E-state index in [9.17, 15) is 13.9 Å². The van der Waals surface area contributed by atoms with Gasteiger partial charge in [-0.1, -0.05) is 24.1 Å². The number of hydrogen-bond acceptors (Lipinski definition) is 7. The van der Waals surface area contributed by atoms with Gasteiger partial charge >= 0.3 is 0 Å². The summed E-state index contributed by atoms with van der Waals surface area (Å²) in [5.74, 6) is -1.95. The fourth-order valence-corrected chi connectivity index (χ4v) is 4.96. The Kier molecular flexibility index (Phi) is 4.87. The minimum Gasteiger partial charge on any atom is -0.493 e. The van der Waals surface area contributed by atoms with Crippen LogP contribution in [0.2, 0.25) is 0 Å². The number of anilines is 1. The van der Waals surface area contributed by atoms with Crippen LogP contribution in [0.15, 0.2) is 18.2 Å². The maximum Gasteiger partial charge on any atom is 0.290 e. The summed E-state index contributed by atoms with van der Waals surface area (Å²) < 4.78 is 38.4. The Balaban J connectivity index is 1.60. The van der Waals surface area contributed by atoms with Crippen molar-refractivity contribution in [2.45, 2.75) is 50.3 Å². The molecule has 0 spiro atoms. The Labute approximate surface area is 178 Å². The summed E-state index contributed by atoms with van der Waals surface area (Å²) in [5.41, 5.74) is 2.68. The molecular weight excluding hydrogens is 410 g/mol. The number of β-amino-alcohol motifs (C(OH)–C–C–N with tert-alkyl or cyclic N) is 1. The second-order valence-corrected chi connectivity index (χ2v) is 8.77. The highest BCUT2D eigenvalue weighted by molar-refractivity contribution is 7.96. The Morgan fingerprint density at radius 1 is 1.33 bits per heavy atom. The molecule has 1 fully saturated rings. The Morgan fingerprint density at radius 3 is 2.90 bits per heavy atom. The average Bonchev–Trinajstić information content (AvgIpc) is 3.05. The first-order chi connectivity index (χ1) is 14.4. The van der Waals surface area contributed by atoms with Crippen molar-refractivity contribution < 1.29 is 18.6 Å². The van der Waals surface area contributed by atoms with E-state index in [0.29, 0.717) is 24.4 Å². The molecule has 2 aliphatic heterocycles. The first-order valence-electron chi connectivity index (χ1n) is 10.2. The number of benzene rings is 1. The van der Waals surface area contributed by atoms with Crippen molar-refractivity contribution in [2.24, 2.45) is 0 Å². The van der Waals surface area contributed by atoms with Crippen LogP contribution in [0.4, 0.5) is 14.7 Å². The molecular formula is C21H24F2N4O2S. The Hall–Kier alpha value is -1.97. The van der Waals surface area contributed by atoms with Gasteiger partial charge in [0.2, 0.25) is 5.95 Å². The summed E-state index contributed by atoms with van der Waals surface area (Å²) in [6, 6.07) is 5.82. The summed E-state index contributed by atoms with van der Waals surface area (Å²) in [6.45, 7) is 2.79. The molecule has 2 aromatic rings. The van der Waals surface area contributed by atoms with Gasteiger partial charge in [0.05, 0.1) is 24.4 Å². The Morgan fingerprint density at radius 2 is 2.17 bits per heavy atom. The minimum absolute atomic E-state index is 0.184. The summed E-state index contributed by atoms with van der Waals surface area (Å²) >= 11 is 1.57. The number of aliphatic hydroxyl groups is 1. The zero-order valence-corrected chi connectivity index (χ0v) is 17.7. The molecule has 3 aliphatic rings. The predicted molar refractivity (Wildman–Crippen MR) is 112 cm³/mol. The van der Waals surface area contributed by atoms with Crippen LogP contribution in [-0.2, 0) is 12.3 Å². The van der Waals surface area contributed by atoms with E-state index in [2.05, 4.69) is 14.7 Å². The number of nitrogens with one attached hydrogen (secondary N) is 1. The van der Waals surface area contributed by atoms with Crippen molar-refractivity contribution in [1.29, 1.82) is 0 Å². The molecule has 160 valence electrons. The van der Waals surface area contributed by atoms with E-state index in [1.807, 2.05) is 31.4 Å². The quantitative estimate of drug-likeness (QED) is 0.715. The topological polar surface area (TPSA) is 70.5 Å². The molecule has 2 N–H and O–H groups in total. The van der Waals surface area contributed by atoms with Crippen LogP contribution in [0, 0.1) is 0 Å². The van der Waals surface area contributed by atoms with Crippen molar-refractivity contribution in [1.82, 2.24) is 14.7 Å². The number of rotatable bonds is 4. The first kappa shape index (κ1) is 20.0. The van der Waals surface area contributed by atoms with Gasteiger partial charge in [-0.3, -0.25) is 4.72 Å². The highest BCUT2D eigenvalue weighted by Crippen LogP contribution is 2.46. The number of aliphatic hydroxyl groups excluding tert-OH is 1. The van der Waals surface area contributed by atoms with E-state index in [1.54, 1.807) is 16.8 Å². The van der Waals surface area contributed by atoms with Crippen LogP contribution in [0.5, 0.6) is 5.75 Å². The SMILES string of the molecule is CSNC1CCOc2cc(-c3nc(N4CC(O)[C@@H]4C)nc4c3CCC4(F)F)ccc21. The molecule has 0 bridgehead atoms. The molecule has 5 rings (SSSR count). The molecule has 0 radical (unpaired) electrons. The number of aromatic nitrogens is 2. The van der Waals surface area contributed by atoms with Gasteiger partial charge in [-0.15, -0.1) is 0 Å². The van der Waals surface area contributed by atoms with E-state index < -0.39 is 12.0 Å². The third-order valence-corrected chi connectivity index (χ3v) is 6.83. The smallest absolute Gasteiger partial charge is 0.290 e. The van der Waals surface area contributed by atoms with Crippen molar-refractivity contribution in [3.8, 4) is 17.0 Å². The van der Waals surface area contributed by atoms with Crippen molar-refractivity contribution in [3.05, 3.63) is 35.0 Å². The normalized spacial score (nSPS) is 26.6. The predicted octanol–water partition coefficient (Wildman–Crippen LogP) is 3.44. The fraction of sp³-hybridized carbons (Fsp3) is 0.524. The second kappa shape index (κ2) is 7.32. The number of ether oxygens (including phenoxy) is 1. The van der Waals surface area contributed by atoms with Gasteiger partial charge < -0.3 is 14.7 Å². The Bertz CT molecular complexity index is 990. The van der Waals surface area contributed by atoms with E-state index in [-0.39, 0.29) is 36.6 Å². The molecule has 30 heavy (non-hydrogen) atoms. The lowest BCUT2D eigenvalue weighted by Crippen LogP contribution is -2.59. The molecule has 1 aromatic heterocycles. The summed E-state index contributed by atoms with van der Waals surface area (Å²) in [6.07, 6.45) is 2.35. The molecule has 6 nitrogen and oxygen atoms in total. The van der Waals surface area contributed by atoms with E-state index >= 15 is 0 Å². The molecule has 2 unspecified atom stereocenters. The summed E-state index contributed by atoms with van der Waals surface area (Å²) in [7, 11) is 0. The van der Waals surface area contributed by atoms with Crippen LogP contribution < -0.4 is 14.4 Å². The molecule has 3 heterocycles. The molecule has 9 heteroatoms. The minimum atomic E-state index is -2.97. The zero-order chi connectivity index (χ0) is 21.0. The molecule has 3 atom stereocenters. The van der Waals surface area contributed by atoms with Gasteiger partial charge in [-0.2, -0.15) is 8.78 Å². The van der Waals surface area contributed by atoms with Gasteiger partial charge in [0.1, 0.15) is 11.4 Å². The van der Waals surface area contributed by atoms with Gasteiger partial charge in [-0.25, -0.2) is 9.97 Å². The third-order valence-electron chi connectivity index (χ3n) is 6.31. The van der Waals surface area contributed by atoms with E-state index in [1.165, 1.54) is 0 Å². The monoisotopic (exact) mass is 434 g/mol. The third kappa shape index (κ3) is 3.14. The molecule has 0 saturated carbocycles. The average molecular weight is 435 g/mol. The van der Waals surface area contributed by atoms with Gasteiger partial charge in [0.25, 0.3) is 5.92 Å². The second-order valence-electron chi connectivity index (χ2n) is 8.13. The lowest BCUT2D eigenvalue weighted by molar-refractivity contribution is -0.00603. The van der Waals surface area contributed by atoms with E-state index in [4.69, 9.17) is 4.74 Å². The maximum atomic E-state index is 14.6. The summed E-state index contributed by atoms with van der Waals surface area (Å²) in [5, 5.41) is 9.86. The number of alkyl halides is 2. The maximum absolute atomic E-state index is 14.6. The number of fused-ring (bicyclic) bond motifs is 2. The number of nitrogens with zero attached hydrogens (tertiary/aromatic N) is 3. The van der Waals surface area contributed by atoms with Crippen LogP contribution in [0.1, 0.15) is 42.6 Å². The van der Waals surface area contributed by atoms with E-state index in [0.717, 1.165) is 23.3 Å². The molecule has 1 aromatic carbocycles. The highest BCUT2D eigenvalue weighted by atomic mass is 32.2. The van der Waals surface area contributed by atoms with Gasteiger partial charge in [-0.05, 0) is 25.7 Å². The number of hydrogen-bond donors (Lipinski definition) is 2. The first-order valence-corrected chi connectivity index (χ1v) is 11.4. The van der Waals surface area contributed by atoms with Crippen LogP contribution in [0.3, 0.4) is 0 Å². The van der Waals surface area contributed by atoms with Crippen molar-refractivity contribution >= 4 is 17.9 Å². The lowest BCUT2D eigenvalue weighted by Gasteiger charge is -2.43. The van der Waals surface area contributed by atoms with Crippen molar-refractivity contribution in [2.75, 3.05) is 24.3 Å². The highest BCUT2D eigenvalue weighted by Gasteiger charge is 2.45. The van der Waals surface area contributed by atoms with Gasteiger partial charge in [0.15, 0.2) is 0 Å². The van der Waals surface area contributed by atoms with Gasteiger partial charge in [0, 0.05) is 42.1 Å². The van der Waals surface area contributed by atoms with Crippen LogP contribution in [0.25, 0.3) is 11.3 Å².